The zero-order chi connectivity index (χ0) is 25.5. The van der Waals surface area contributed by atoms with Gasteiger partial charge in [0.2, 0.25) is 0 Å². The van der Waals surface area contributed by atoms with Crippen LogP contribution in [0.15, 0.2) is 64.4 Å². The molecule has 0 radical (unpaired) electrons. The second-order valence-corrected chi connectivity index (χ2v) is 11.2. The Morgan fingerprint density at radius 2 is 1.86 bits per heavy atom. The van der Waals surface area contributed by atoms with Crippen molar-refractivity contribution in [1.29, 1.82) is 0 Å². The van der Waals surface area contributed by atoms with Crippen molar-refractivity contribution in [2.24, 2.45) is 0 Å². The SMILES string of the molecule is Cc1ccc(S(=O)(=O)n2cc(-c3ccc(C(=O)N(C)C[C@H](C)O)c(C)c3)c3nc(Br)cnc32)cc1. The average Bonchev–Trinajstić information content (AvgIpc) is 3.18. The summed E-state index contributed by atoms with van der Waals surface area (Å²) in [5.41, 5.74) is 4.07. The van der Waals surface area contributed by atoms with E-state index in [9.17, 15) is 18.3 Å². The van der Waals surface area contributed by atoms with Gasteiger partial charge in [0.05, 0.1) is 17.2 Å². The second-order valence-electron chi connectivity index (χ2n) is 8.59. The molecule has 0 fully saturated rings. The Kier molecular flexibility index (Phi) is 6.81. The minimum atomic E-state index is -3.92. The van der Waals surface area contributed by atoms with Gasteiger partial charge in [-0.2, -0.15) is 0 Å². The number of fused-ring (bicyclic) bond motifs is 1. The fourth-order valence-electron chi connectivity index (χ4n) is 3.92. The van der Waals surface area contributed by atoms with Gasteiger partial charge in [-0.05, 0) is 66.0 Å². The monoisotopic (exact) mass is 556 g/mol. The molecule has 4 rings (SSSR count). The van der Waals surface area contributed by atoms with Gasteiger partial charge in [0.15, 0.2) is 5.65 Å². The molecule has 8 nitrogen and oxygen atoms in total. The van der Waals surface area contributed by atoms with Crippen LogP contribution in [0.25, 0.3) is 22.3 Å². The molecule has 2 aromatic heterocycles. The summed E-state index contributed by atoms with van der Waals surface area (Å²) in [5, 5.41) is 9.61. The molecule has 0 aliphatic carbocycles. The van der Waals surface area contributed by atoms with Crippen LogP contribution in [0.4, 0.5) is 0 Å². The molecule has 0 unspecified atom stereocenters. The standard InChI is InChI=1S/C25H25BrN4O4S/c1-15-5-8-19(9-6-15)35(33,34)30-14-21(23-24(30)27-12-22(26)28-23)18-7-10-20(16(2)11-18)25(32)29(4)13-17(3)31/h5-12,14,17,31H,13H2,1-4H3/t17-/m0/s1. The average molecular weight is 557 g/mol. The van der Waals surface area contributed by atoms with Crippen molar-refractivity contribution in [2.75, 3.05) is 13.6 Å². The summed E-state index contributed by atoms with van der Waals surface area (Å²) >= 11 is 3.33. The number of rotatable bonds is 6. The highest BCUT2D eigenvalue weighted by molar-refractivity contribution is 9.10. The highest BCUT2D eigenvalue weighted by Gasteiger charge is 2.24. The molecule has 0 spiro atoms. The maximum atomic E-state index is 13.5. The number of aliphatic hydroxyl groups is 1. The molecular weight excluding hydrogens is 532 g/mol. The van der Waals surface area contributed by atoms with Crippen molar-refractivity contribution in [1.82, 2.24) is 18.8 Å². The minimum Gasteiger partial charge on any atom is -0.392 e. The van der Waals surface area contributed by atoms with Gasteiger partial charge < -0.3 is 10.0 Å². The first-order chi connectivity index (χ1) is 16.5. The first-order valence-corrected chi connectivity index (χ1v) is 13.1. The van der Waals surface area contributed by atoms with Crippen LogP contribution >= 0.6 is 15.9 Å². The van der Waals surface area contributed by atoms with Crippen molar-refractivity contribution in [2.45, 2.75) is 31.8 Å². The molecule has 182 valence electrons. The number of aliphatic hydroxyl groups excluding tert-OH is 1. The van der Waals surface area contributed by atoms with Gasteiger partial charge >= 0.3 is 0 Å². The van der Waals surface area contributed by atoms with Crippen LogP contribution in [0.5, 0.6) is 0 Å². The summed E-state index contributed by atoms with van der Waals surface area (Å²) in [7, 11) is -2.28. The number of hydrogen-bond acceptors (Lipinski definition) is 6. The fourth-order valence-corrected chi connectivity index (χ4v) is 5.51. The smallest absolute Gasteiger partial charge is 0.269 e. The summed E-state index contributed by atoms with van der Waals surface area (Å²) < 4.78 is 28.6. The van der Waals surface area contributed by atoms with E-state index in [1.165, 1.54) is 17.3 Å². The summed E-state index contributed by atoms with van der Waals surface area (Å²) in [6.45, 7) is 5.55. The lowest BCUT2D eigenvalue weighted by Gasteiger charge is -2.20. The Morgan fingerprint density at radius 3 is 2.49 bits per heavy atom. The van der Waals surface area contributed by atoms with E-state index < -0.39 is 16.1 Å². The fraction of sp³-hybridized carbons (Fsp3) is 0.240. The number of aryl methyl sites for hydroxylation is 2. The molecule has 0 aliphatic rings. The Labute approximate surface area is 212 Å². The van der Waals surface area contributed by atoms with Crippen LogP contribution < -0.4 is 0 Å². The lowest BCUT2D eigenvalue weighted by molar-refractivity contribution is 0.0703. The topological polar surface area (TPSA) is 105 Å². The number of amides is 1. The minimum absolute atomic E-state index is 0.148. The Balaban J connectivity index is 1.84. The van der Waals surface area contributed by atoms with E-state index >= 15 is 0 Å². The molecule has 0 bridgehead atoms. The molecule has 1 amide bonds. The van der Waals surface area contributed by atoms with Crippen molar-refractivity contribution < 1.29 is 18.3 Å². The number of carbonyl (C=O) groups excluding carboxylic acids is 1. The van der Waals surface area contributed by atoms with Crippen molar-refractivity contribution in [3.8, 4) is 11.1 Å². The van der Waals surface area contributed by atoms with Gasteiger partial charge in [-0.3, -0.25) is 4.79 Å². The summed E-state index contributed by atoms with van der Waals surface area (Å²) in [6, 6.07) is 11.9. The van der Waals surface area contributed by atoms with Crippen molar-refractivity contribution >= 4 is 43.0 Å². The van der Waals surface area contributed by atoms with E-state index in [1.807, 2.05) is 19.9 Å². The van der Waals surface area contributed by atoms with Crippen LogP contribution in [0.3, 0.4) is 0 Å². The lowest BCUT2D eigenvalue weighted by Crippen LogP contribution is -2.33. The maximum Gasteiger partial charge on any atom is 0.269 e. The third-order valence-corrected chi connectivity index (χ3v) is 7.71. The molecule has 0 saturated heterocycles. The van der Waals surface area contributed by atoms with E-state index in [4.69, 9.17) is 0 Å². The number of nitrogens with zero attached hydrogens (tertiary/aromatic N) is 4. The lowest BCUT2D eigenvalue weighted by atomic mass is 10.0. The molecule has 2 aromatic carbocycles. The van der Waals surface area contributed by atoms with Gasteiger partial charge in [-0.1, -0.05) is 29.8 Å². The number of benzene rings is 2. The Bertz CT molecular complexity index is 1530. The molecule has 4 aromatic rings. The van der Waals surface area contributed by atoms with Crippen LogP contribution in [0, 0.1) is 13.8 Å². The normalized spacial score (nSPS) is 12.6. The third kappa shape index (κ3) is 4.86. The van der Waals surface area contributed by atoms with Crippen LogP contribution in [-0.4, -0.2) is 58.0 Å². The van der Waals surface area contributed by atoms with Crippen LogP contribution in [0.1, 0.15) is 28.4 Å². The molecule has 0 aliphatic heterocycles. The molecular formula is C25H25BrN4O4S. The predicted octanol–water partition coefficient (Wildman–Crippen LogP) is 4.17. The highest BCUT2D eigenvalue weighted by atomic mass is 79.9. The van der Waals surface area contributed by atoms with Gasteiger partial charge in [0, 0.05) is 30.9 Å². The number of halogens is 1. The summed E-state index contributed by atoms with van der Waals surface area (Å²) in [6.07, 6.45) is 2.34. The highest BCUT2D eigenvalue weighted by Crippen LogP contribution is 2.33. The third-order valence-electron chi connectivity index (χ3n) is 5.66. The van der Waals surface area contributed by atoms with E-state index in [2.05, 4.69) is 25.9 Å². The molecule has 10 heteroatoms. The van der Waals surface area contributed by atoms with Crippen molar-refractivity contribution in [3.05, 3.63) is 76.2 Å². The molecule has 2 heterocycles. The molecule has 35 heavy (non-hydrogen) atoms. The van der Waals surface area contributed by atoms with Gasteiger partial charge in [-0.25, -0.2) is 22.4 Å². The molecule has 0 saturated carbocycles. The van der Waals surface area contributed by atoms with E-state index in [0.717, 1.165) is 15.1 Å². The number of hydrogen-bond donors (Lipinski definition) is 1. The number of carbonyl (C=O) groups is 1. The van der Waals surface area contributed by atoms with Crippen molar-refractivity contribution in [3.63, 3.8) is 0 Å². The Hall–Kier alpha value is -3.08. The number of likely N-dealkylation sites (N-methyl/N-ethyl adjacent to an activating group) is 1. The van der Waals surface area contributed by atoms with E-state index in [1.54, 1.807) is 50.4 Å². The van der Waals surface area contributed by atoms with Gasteiger partial charge in [0.25, 0.3) is 15.9 Å². The second kappa shape index (κ2) is 9.52. The van der Waals surface area contributed by atoms with E-state index in [0.29, 0.717) is 26.8 Å². The zero-order valence-corrected chi connectivity index (χ0v) is 22.1. The Morgan fingerprint density at radius 1 is 1.17 bits per heavy atom. The quantitative estimate of drug-likeness (QED) is 0.382. The molecule has 1 atom stereocenters. The largest absolute Gasteiger partial charge is 0.392 e. The first-order valence-electron chi connectivity index (χ1n) is 10.9. The summed E-state index contributed by atoms with van der Waals surface area (Å²) in [5.74, 6) is -0.207. The maximum absolute atomic E-state index is 13.5. The van der Waals surface area contributed by atoms with E-state index in [-0.39, 0.29) is 23.0 Å². The predicted molar refractivity (Wildman–Crippen MR) is 138 cm³/mol. The van der Waals surface area contributed by atoms with Crippen LogP contribution in [0.2, 0.25) is 0 Å². The van der Waals surface area contributed by atoms with Gasteiger partial charge in [-0.15, -0.1) is 0 Å². The van der Waals surface area contributed by atoms with Crippen LogP contribution in [-0.2, 0) is 10.0 Å². The summed E-state index contributed by atoms with van der Waals surface area (Å²) in [4.78, 5) is 23.3. The zero-order valence-electron chi connectivity index (χ0n) is 19.7. The van der Waals surface area contributed by atoms with Gasteiger partial charge in [0.1, 0.15) is 10.1 Å². The molecule has 1 N–H and O–H groups in total. The number of aromatic nitrogens is 3. The first kappa shape index (κ1) is 25.0.